The SMILES string of the molecule is F[B-](F)(F)c1ccc2nsnc2c1. The van der Waals surface area contributed by atoms with Crippen molar-refractivity contribution in [2.24, 2.45) is 0 Å². The zero-order valence-corrected chi connectivity index (χ0v) is 7.06. The molecule has 1 aromatic carbocycles. The molecular formula is C6H3BF3N2S-. The normalized spacial score (nSPS) is 12.2. The Balaban J connectivity index is 2.61. The summed E-state index contributed by atoms with van der Waals surface area (Å²) in [7, 11) is 0. The highest BCUT2D eigenvalue weighted by Crippen LogP contribution is 2.14. The average Bonchev–Trinajstić information content (AvgIpc) is 2.47. The second-order valence-electron chi connectivity index (χ2n) is 2.59. The lowest BCUT2D eigenvalue weighted by atomic mass is 9.80. The Morgan fingerprint density at radius 2 is 1.77 bits per heavy atom. The fraction of sp³-hybridized carbons (Fsp3) is 0. The summed E-state index contributed by atoms with van der Waals surface area (Å²) in [6, 6.07) is 3.39. The highest BCUT2D eigenvalue weighted by molar-refractivity contribution is 7.00. The molecule has 0 saturated heterocycles. The monoisotopic (exact) mass is 203 g/mol. The summed E-state index contributed by atoms with van der Waals surface area (Å²) in [5, 5.41) is 0. The van der Waals surface area contributed by atoms with Crippen LogP contribution in [0.15, 0.2) is 18.2 Å². The van der Waals surface area contributed by atoms with Crippen molar-refractivity contribution < 1.29 is 12.9 Å². The molecule has 0 aliphatic heterocycles. The molecule has 0 saturated carbocycles. The molecule has 0 atom stereocenters. The van der Waals surface area contributed by atoms with Gasteiger partial charge in [0, 0.05) is 0 Å². The number of benzene rings is 1. The van der Waals surface area contributed by atoms with Crippen LogP contribution in [0.25, 0.3) is 11.0 Å². The van der Waals surface area contributed by atoms with Crippen LogP contribution >= 0.6 is 11.7 Å². The van der Waals surface area contributed by atoms with Crippen molar-refractivity contribution in [1.29, 1.82) is 0 Å². The summed E-state index contributed by atoms with van der Waals surface area (Å²) in [6.45, 7) is -4.93. The van der Waals surface area contributed by atoms with Crippen LogP contribution in [0.1, 0.15) is 0 Å². The number of fused-ring (bicyclic) bond motifs is 1. The number of nitrogens with zero attached hydrogens (tertiary/aromatic N) is 2. The van der Waals surface area contributed by atoms with Crippen molar-refractivity contribution in [3.63, 3.8) is 0 Å². The average molecular weight is 203 g/mol. The van der Waals surface area contributed by atoms with Crippen molar-refractivity contribution >= 4 is 35.2 Å². The Morgan fingerprint density at radius 1 is 1.08 bits per heavy atom. The van der Waals surface area contributed by atoms with E-state index in [0.29, 0.717) is 11.0 Å². The van der Waals surface area contributed by atoms with Crippen molar-refractivity contribution in [3.05, 3.63) is 18.2 Å². The van der Waals surface area contributed by atoms with Gasteiger partial charge in [-0.2, -0.15) is 8.75 Å². The zero-order chi connectivity index (χ0) is 9.47. The van der Waals surface area contributed by atoms with E-state index in [1.165, 1.54) is 6.07 Å². The van der Waals surface area contributed by atoms with Crippen molar-refractivity contribution in [2.75, 3.05) is 0 Å². The maximum absolute atomic E-state index is 12.2. The standard InChI is InChI=1S/C6H3BF3N2S/c8-7(9,10)4-1-2-5-6(3-4)12-13-11-5/h1-3H/q-1. The molecule has 13 heavy (non-hydrogen) atoms. The summed E-state index contributed by atoms with van der Waals surface area (Å²) in [5.41, 5.74) is 0.190. The van der Waals surface area contributed by atoms with Crippen LogP contribution in [0.4, 0.5) is 12.9 Å². The number of halogens is 3. The van der Waals surface area contributed by atoms with E-state index in [4.69, 9.17) is 0 Å². The Kier molecular flexibility index (Phi) is 1.76. The highest BCUT2D eigenvalue weighted by Gasteiger charge is 2.25. The number of aromatic nitrogens is 2. The van der Waals surface area contributed by atoms with Gasteiger partial charge in [0.1, 0.15) is 11.0 Å². The molecule has 0 radical (unpaired) electrons. The molecule has 7 heteroatoms. The van der Waals surface area contributed by atoms with Crippen LogP contribution in [0, 0.1) is 0 Å². The molecule has 0 unspecified atom stereocenters. The minimum atomic E-state index is -4.93. The first-order valence-corrected chi connectivity index (χ1v) is 4.22. The number of hydrogen-bond donors (Lipinski definition) is 0. The molecule has 0 aliphatic carbocycles. The van der Waals surface area contributed by atoms with Crippen LogP contribution in [0.2, 0.25) is 0 Å². The van der Waals surface area contributed by atoms with Crippen LogP contribution in [-0.4, -0.2) is 15.7 Å². The predicted molar refractivity (Wildman–Crippen MR) is 46.1 cm³/mol. The first-order valence-electron chi connectivity index (χ1n) is 3.49. The van der Waals surface area contributed by atoms with E-state index in [9.17, 15) is 12.9 Å². The van der Waals surface area contributed by atoms with E-state index < -0.39 is 12.4 Å². The van der Waals surface area contributed by atoms with Gasteiger partial charge in [-0.3, -0.25) is 0 Å². The maximum atomic E-state index is 12.2. The Labute approximate surface area is 75.8 Å². The minimum Gasteiger partial charge on any atom is -0.445 e. The van der Waals surface area contributed by atoms with Crippen molar-refractivity contribution in [2.45, 2.75) is 0 Å². The van der Waals surface area contributed by atoms with Crippen molar-refractivity contribution in [3.8, 4) is 0 Å². The van der Waals surface area contributed by atoms with Crippen LogP contribution in [0.5, 0.6) is 0 Å². The molecular weight excluding hydrogens is 200 g/mol. The second kappa shape index (κ2) is 2.70. The maximum Gasteiger partial charge on any atom is 0.509 e. The zero-order valence-electron chi connectivity index (χ0n) is 6.25. The van der Waals surface area contributed by atoms with E-state index in [2.05, 4.69) is 8.75 Å². The van der Waals surface area contributed by atoms with Gasteiger partial charge in [0.15, 0.2) is 0 Å². The summed E-state index contributed by atoms with van der Waals surface area (Å²) >= 11 is 0.912. The lowest BCUT2D eigenvalue weighted by molar-refractivity contribution is 0.501. The van der Waals surface area contributed by atoms with Crippen LogP contribution in [-0.2, 0) is 0 Å². The van der Waals surface area contributed by atoms with Crippen molar-refractivity contribution in [1.82, 2.24) is 8.75 Å². The minimum absolute atomic E-state index is 0.307. The van der Waals surface area contributed by atoms with E-state index in [0.717, 1.165) is 23.9 Å². The summed E-state index contributed by atoms with van der Waals surface area (Å²) < 4.78 is 44.3. The third-order valence-electron chi connectivity index (χ3n) is 1.66. The lowest BCUT2D eigenvalue weighted by Gasteiger charge is -2.13. The number of rotatable bonds is 1. The lowest BCUT2D eigenvalue weighted by Crippen LogP contribution is -2.33. The quantitative estimate of drug-likeness (QED) is 0.659. The third-order valence-corrected chi connectivity index (χ3v) is 2.21. The summed E-state index contributed by atoms with van der Waals surface area (Å²) in [5.74, 6) is 0. The van der Waals surface area contributed by atoms with Gasteiger partial charge in [-0.25, -0.2) is 0 Å². The molecule has 0 bridgehead atoms. The van der Waals surface area contributed by atoms with E-state index >= 15 is 0 Å². The Morgan fingerprint density at radius 3 is 2.46 bits per heavy atom. The molecule has 2 aromatic rings. The highest BCUT2D eigenvalue weighted by atomic mass is 32.1. The summed E-state index contributed by atoms with van der Waals surface area (Å²) in [6.07, 6.45) is 0. The largest absolute Gasteiger partial charge is 0.509 e. The van der Waals surface area contributed by atoms with E-state index in [1.54, 1.807) is 0 Å². The van der Waals surface area contributed by atoms with Gasteiger partial charge in [0.05, 0.1) is 11.7 Å². The van der Waals surface area contributed by atoms with E-state index in [1.807, 2.05) is 0 Å². The van der Waals surface area contributed by atoms with Gasteiger partial charge >= 0.3 is 6.98 Å². The molecule has 1 heterocycles. The van der Waals surface area contributed by atoms with Crippen LogP contribution in [0.3, 0.4) is 0 Å². The van der Waals surface area contributed by atoms with Gasteiger partial charge in [-0.15, -0.1) is 5.46 Å². The second-order valence-corrected chi connectivity index (χ2v) is 3.12. The molecule has 0 spiro atoms. The van der Waals surface area contributed by atoms with Gasteiger partial charge in [0.25, 0.3) is 0 Å². The molecule has 0 aliphatic rings. The molecule has 2 rings (SSSR count). The molecule has 68 valence electrons. The first-order chi connectivity index (χ1) is 6.07. The molecule has 2 nitrogen and oxygen atoms in total. The Bertz CT molecular complexity index is 439. The van der Waals surface area contributed by atoms with Gasteiger partial charge in [-0.05, 0) is 6.07 Å². The smallest absolute Gasteiger partial charge is 0.445 e. The molecule has 0 N–H and O–H groups in total. The van der Waals surface area contributed by atoms with E-state index in [-0.39, 0.29) is 0 Å². The first kappa shape index (κ1) is 8.49. The molecule has 1 aromatic heterocycles. The predicted octanol–water partition coefficient (Wildman–Crippen LogP) is 1.75. The topological polar surface area (TPSA) is 25.8 Å². The molecule has 0 amide bonds. The van der Waals surface area contributed by atoms with Crippen LogP contribution < -0.4 is 5.46 Å². The Hall–Kier alpha value is -1.11. The fourth-order valence-corrected chi connectivity index (χ4v) is 1.52. The van der Waals surface area contributed by atoms with Gasteiger partial charge < -0.3 is 12.9 Å². The fourth-order valence-electron chi connectivity index (χ4n) is 1.00. The van der Waals surface area contributed by atoms with Gasteiger partial charge in [0.2, 0.25) is 0 Å². The van der Waals surface area contributed by atoms with Gasteiger partial charge in [-0.1, -0.05) is 12.1 Å². The summed E-state index contributed by atoms with van der Waals surface area (Å²) in [4.78, 5) is 0. The number of hydrogen-bond acceptors (Lipinski definition) is 3. The third kappa shape index (κ3) is 1.51. The molecule has 0 fully saturated rings.